The molecule has 0 aliphatic heterocycles. The summed E-state index contributed by atoms with van der Waals surface area (Å²) in [5, 5.41) is 5.71. The third kappa shape index (κ3) is 2.10. The van der Waals surface area contributed by atoms with Gasteiger partial charge in [0.05, 0.1) is 5.54 Å². The summed E-state index contributed by atoms with van der Waals surface area (Å²) >= 11 is 6.27. The van der Waals surface area contributed by atoms with Gasteiger partial charge in [-0.15, -0.1) is 30.5 Å². The van der Waals surface area contributed by atoms with Gasteiger partial charge in [0, 0.05) is 20.6 Å². The van der Waals surface area contributed by atoms with Crippen LogP contribution in [0.25, 0.3) is 0 Å². The number of nitrogens with one attached hydrogen (secondary N) is 1. The molecule has 1 aromatic heterocycles. The van der Waals surface area contributed by atoms with E-state index in [0.29, 0.717) is 0 Å². The van der Waals surface area contributed by atoms with E-state index in [4.69, 9.17) is 0 Å². The first kappa shape index (κ1) is 15.9. The number of likely N-dealkylation sites (N-methyl/N-ethyl adjacent to an activating group) is 1. The fraction of sp³-hybridized carbons (Fsp3) is 0.368. The summed E-state index contributed by atoms with van der Waals surface area (Å²) in [4.78, 5) is 2.34. The second kappa shape index (κ2) is 5.55. The molecule has 0 saturated carbocycles. The molecule has 0 radical (unpaired) electrons. The van der Waals surface area contributed by atoms with E-state index < -0.39 is 0 Å². The highest BCUT2D eigenvalue weighted by atomic mass is 32.1. The van der Waals surface area contributed by atoms with Gasteiger partial charge in [-0.2, -0.15) is 0 Å². The van der Waals surface area contributed by atoms with Gasteiger partial charge in [-0.1, -0.05) is 29.8 Å². The molecule has 0 fully saturated rings. The number of thiophene rings is 1. The fourth-order valence-corrected chi connectivity index (χ4v) is 5.33. The lowest BCUT2D eigenvalue weighted by Gasteiger charge is -2.45. The lowest BCUT2D eigenvalue weighted by Crippen LogP contribution is -2.52. The number of benzene rings is 1. The van der Waals surface area contributed by atoms with Gasteiger partial charge in [-0.25, -0.2) is 0 Å². The number of rotatable bonds is 4. The van der Waals surface area contributed by atoms with Gasteiger partial charge >= 0.3 is 0 Å². The van der Waals surface area contributed by atoms with Crippen molar-refractivity contribution in [2.24, 2.45) is 0 Å². The topological polar surface area (TPSA) is 12.0 Å². The molecule has 0 saturated heterocycles. The van der Waals surface area contributed by atoms with Crippen LogP contribution >= 0.6 is 24.0 Å². The van der Waals surface area contributed by atoms with Crippen LogP contribution in [0, 0.1) is 6.92 Å². The van der Waals surface area contributed by atoms with E-state index in [0.717, 1.165) is 17.7 Å². The van der Waals surface area contributed by atoms with Crippen LogP contribution in [0.5, 0.6) is 0 Å². The van der Waals surface area contributed by atoms with Gasteiger partial charge in [0.15, 0.2) is 0 Å². The minimum atomic E-state index is -0.180. The van der Waals surface area contributed by atoms with Crippen LogP contribution in [0.4, 0.5) is 0 Å². The normalized spacial score (nSPS) is 23.1. The minimum absolute atomic E-state index is 0.0874. The minimum Gasteiger partial charge on any atom is -0.309 e. The highest BCUT2D eigenvalue weighted by Gasteiger charge is 2.51. The number of hydrogen-bond acceptors (Lipinski definition) is 3. The second-order valence-corrected chi connectivity index (χ2v) is 7.81. The predicted molar refractivity (Wildman–Crippen MR) is 99.4 cm³/mol. The number of thiol groups is 1. The van der Waals surface area contributed by atoms with E-state index >= 15 is 0 Å². The van der Waals surface area contributed by atoms with Crippen molar-refractivity contribution in [1.82, 2.24) is 5.32 Å². The Morgan fingerprint density at radius 1 is 1.41 bits per heavy atom. The van der Waals surface area contributed by atoms with Gasteiger partial charge < -0.3 is 5.32 Å². The molecular weight excluding hydrogens is 306 g/mol. The molecule has 3 rings (SSSR count). The third-order valence-electron chi connectivity index (χ3n) is 5.35. The quantitative estimate of drug-likeness (QED) is 0.603. The Balaban J connectivity index is 2.21. The van der Waals surface area contributed by atoms with Crippen LogP contribution in [0.15, 0.2) is 47.2 Å². The average molecular weight is 330 g/mol. The first-order valence-corrected chi connectivity index (χ1v) is 9.00. The molecule has 0 amide bonds. The lowest BCUT2D eigenvalue weighted by atomic mass is 9.65. The zero-order chi connectivity index (χ0) is 16.0. The molecule has 1 aliphatic rings. The van der Waals surface area contributed by atoms with E-state index in [1.165, 1.54) is 21.6 Å². The summed E-state index contributed by atoms with van der Waals surface area (Å²) in [6.07, 6.45) is 4.36. The molecule has 2 aromatic rings. The van der Waals surface area contributed by atoms with Crippen LogP contribution < -0.4 is 5.32 Å². The van der Waals surface area contributed by atoms with Crippen molar-refractivity contribution in [3.8, 4) is 0 Å². The summed E-state index contributed by atoms with van der Waals surface area (Å²) in [7, 11) is 2.05. The Morgan fingerprint density at radius 2 is 2.18 bits per heavy atom. The summed E-state index contributed by atoms with van der Waals surface area (Å²) < 4.78 is 0. The van der Waals surface area contributed by atoms with Crippen molar-refractivity contribution in [2.45, 2.75) is 42.5 Å². The van der Waals surface area contributed by atoms with Crippen molar-refractivity contribution in [2.75, 3.05) is 7.05 Å². The van der Waals surface area contributed by atoms with Crippen molar-refractivity contribution in [3.63, 3.8) is 0 Å². The Bertz CT molecular complexity index is 718. The van der Waals surface area contributed by atoms with Crippen LogP contribution in [-0.4, -0.2) is 7.05 Å². The first-order valence-electron chi connectivity index (χ1n) is 7.67. The largest absolute Gasteiger partial charge is 0.309 e. The van der Waals surface area contributed by atoms with Gasteiger partial charge in [0.2, 0.25) is 0 Å². The summed E-state index contributed by atoms with van der Waals surface area (Å²) in [5.41, 5.74) is 3.94. The predicted octanol–water partition coefficient (Wildman–Crippen LogP) is 4.85. The standard InChI is InChI=1S/C19H23NS2/c1-5-19(9-8-14-10-13(2)6-7-16(14)19)18(3,20-4)17-11-15(21)12-22-17/h5-7,10-12,20-21H,1,8-9H2,2-4H3/t18-,19?/m1/s1. The third-order valence-corrected chi connectivity index (χ3v) is 6.93. The molecule has 1 N–H and O–H groups in total. The maximum absolute atomic E-state index is 4.50. The van der Waals surface area contributed by atoms with Gasteiger partial charge in [0.1, 0.15) is 0 Å². The molecular formula is C19H23NS2. The number of hydrogen-bond donors (Lipinski definition) is 2. The smallest absolute Gasteiger partial charge is 0.0631 e. The van der Waals surface area contributed by atoms with Crippen molar-refractivity contribution in [1.29, 1.82) is 0 Å². The molecule has 116 valence electrons. The van der Waals surface area contributed by atoms with E-state index in [9.17, 15) is 0 Å². The molecule has 1 aromatic carbocycles. The maximum atomic E-state index is 4.50. The molecule has 1 heterocycles. The fourth-order valence-electron chi connectivity index (χ4n) is 3.92. The van der Waals surface area contributed by atoms with Crippen LogP contribution in [0.2, 0.25) is 0 Å². The van der Waals surface area contributed by atoms with Crippen molar-refractivity contribution < 1.29 is 0 Å². The summed E-state index contributed by atoms with van der Waals surface area (Å²) in [6.45, 7) is 8.69. The molecule has 0 spiro atoms. The van der Waals surface area contributed by atoms with E-state index in [-0.39, 0.29) is 11.0 Å². The molecule has 3 heteroatoms. The Labute approximate surface area is 142 Å². The zero-order valence-electron chi connectivity index (χ0n) is 13.4. The number of fused-ring (bicyclic) bond motifs is 1. The maximum Gasteiger partial charge on any atom is 0.0631 e. The molecule has 1 aliphatic carbocycles. The SMILES string of the molecule is C=CC1([C@](C)(NC)c2cc(S)cs2)CCc2cc(C)ccc21. The summed E-state index contributed by atoms with van der Waals surface area (Å²) in [6, 6.07) is 9.03. The molecule has 1 unspecified atom stereocenters. The monoisotopic (exact) mass is 329 g/mol. The van der Waals surface area contributed by atoms with Gasteiger partial charge in [-0.3, -0.25) is 0 Å². The van der Waals surface area contributed by atoms with Crippen molar-refractivity contribution in [3.05, 3.63) is 63.9 Å². The average Bonchev–Trinajstić information content (AvgIpc) is 3.11. The molecule has 22 heavy (non-hydrogen) atoms. The number of aryl methyl sites for hydroxylation is 2. The zero-order valence-corrected chi connectivity index (χ0v) is 15.2. The highest BCUT2D eigenvalue weighted by Crippen LogP contribution is 2.52. The molecule has 2 atom stereocenters. The van der Waals surface area contributed by atoms with Gasteiger partial charge in [0.25, 0.3) is 0 Å². The van der Waals surface area contributed by atoms with Crippen LogP contribution in [-0.2, 0) is 17.4 Å². The Kier molecular flexibility index (Phi) is 4.00. The van der Waals surface area contributed by atoms with Crippen molar-refractivity contribution >= 4 is 24.0 Å². The summed E-state index contributed by atoms with van der Waals surface area (Å²) in [5.74, 6) is 0. The Hall–Kier alpha value is -1.03. The molecule has 0 bridgehead atoms. The van der Waals surface area contributed by atoms with Crippen LogP contribution in [0.3, 0.4) is 0 Å². The Morgan fingerprint density at radius 3 is 2.77 bits per heavy atom. The first-order chi connectivity index (χ1) is 10.5. The van der Waals surface area contributed by atoms with Gasteiger partial charge in [-0.05, 0) is 50.9 Å². The van der Waals surface area contributed by atoms with E-state index in [2.05, 4.69) is 81.1 Å². The highest BCUT2D eigenvalue weighted by molar-refractivity contribution is 7.80. The molecule has 1 nitrogen and oxygen atoms in total. The van der Waals surface area contributed by atoms with E-state index in [1.54, 1.807) is 11.3 Å². The van der Waals surface area contributed by atoms with Crippen LogP contribution in [0.1, 0.15) is 34.9 Å². The van der Waals surface area contributed by atoms with E-state index in [1.807, 2.05) is 0 Å². The lowest BCUT2D eigenvalue weighted by molar-refractivity contribution is 0.248. The second-order valence-electron chi connectivity index (χ2n) is 6.38.